The van der Waals surface area contributed by atoms with Gasteiger partial charge in [-0.05, 0) is 30.7 Å². The Hall–Kier alpha value is -1.43. The molecule has 0 heterocycles. The summed E-state index contributed by atoms with van der Waals surface area (Å²) in [5, 5.41) is 0. The number of carbonyl (C=O) groups excluding carboxylic acids is 1. The Balaban J connectivity index is 2.56. The Kier molecular flexibility index (Phi) is 4.22. The first-order chi connectivity index (χ1) is 7.79. The third kappa shape index (κ3) is 4.52. The van der Waals surface area contributed by atoms with Crippen molar-refractivity contribution >= 4 is 5.78 Å². The van der Waals surface area contributed by atoms with E-state index in [-0.39, 0.29) is 11.1 Å². The molecule has 1 aromatic carbocycles. The predicted octanol–water partition coefficient (Wildman–Crippen LogP) is 2.90. The molecule has 0 unspecified atom stereocenters. The molecule has 0 atom stereocenters. The van der Waals surface area contributed by atoms with Gasteiger partial charge in [0.05, 0.1) is 0 Å². The van der Waals surface area contributed by atoms with Crippen LogP contribution in [0.5, 0.6) is 0 Å². The number of benzene rings is 1. The summed E-state index contributed by atoms with van der Waals surface area (Å²) in [4.78, 5) is 11.4. The van der Waals surface area contributed by atoms with E-state index in [1.54, 1.807) is 0 Å². The summed E-state index contributed by atoms with van der Waals surface area (Å²) in [5.74, 6) is -1.09. The van der Waals surface area contributed by atoms with Crippen molar-refractivity contribution in [1.82, 2.24) is 0 Å². The van der Waals surface area contributed by atoms with Crippen LogP contribution in [0.3, 0.4) is 0 Å². The van der Waals surface area contributed by atoms with E-state index in [1.165, 1.54) is 19.1 Å². The molecule has 0 amide bonds. The number of alkyl halides is 3. The van der Waals surface area contributed by atoms with Gasteiger partial charge in [-0.15, -0.1) is 0 Å². The maximum absolute atomic E-state index is 12.9. The monoisotopic (exact) mass is 250 g/mol. The normalized spacial score (nSPS) is 11.6. The molecule has 0 aliphatic carbocycles. The van der Waals surface area contributed by atoms with E-state index < -0.39 is 31.0 Å². The van der Waals surface area contributed by atoms with Gasteiger partial charge < -0.3 is 4.74 Å². The van der Waals surface area contributed by atoms with Crippen LogP contribution in [0.2, 0.25) is 0 Å². The maximum Gasteiger partial charge on any atom is 0.411 e. The largest absolute Gasteiger partial charge is 0.411 e. The minimum Gasteiger partial charge on any atom is -0.364 e. The van der Waals surface area contributed by atoms with Crippen molar-refractivity contribution < 1.29 is 27.1 Å². The van der Waals surface area contributed by atoms with Gasteiger partial charge in [-0.3, -0.25) is 4.79 Å². The van der Waals surface area contributed by atoms with Crippen LogP contribution in [-0.2, 0) is 4.74 Å². The zero-order valence-electron chi connectivity index (χ0n) is 8.97. The Morgan fingerprint density at radius 2 is 2.00 bits per heavy atom. The number of Topliss-reactive ketones (excluding diaryl/α,β-unsaturated/α-hetero) is 1. The lowest BCUT2D eigenvalue weighted by atomic mass is 10.1. The van der Waals surface area contributed by atoms with Crippen molar-refractivity contribution in [3.8, 4) is 0 Å². The maximum atomic E-state index is 12.9. The first-order valence-corrected chi connectivity index (χ1v) is 4.73. The molecule has 0 N–H and O–H groups in total. The van der Waals surface area contributed by atoms with Gasteiger partial charge in [0, 0.05) is 5.56 Å². The Bertz CT molecular complexity index is 412. The highest BCUT2D eigenvalue weighted by Gasteiger charge is 2.27. The highest BCUT2D eigenvalue weighted by molar-refractivity contribution is 5.97. The molecular formula is C11H10F4O2. The molecule has 2 nitrogen and oxygen atoms in total. The summed E-state index contributed by atoms with van der Waals surface area (Å²) in [5.41, 5.74) is 0.387. The second-order valence-corrected chi connectivity index (χ2v) is 3.50. The molecule has 0 bridgehead atoms. The molecule has 0 fully saturated rings. The highest BCUT2D eigenvalue weighted by Crippen LogP contribution is 2.15. The number of halogens is 4. The first-order valence-electron chi connectivity index (χ1n) is 4.73. The Morgan fingerprint density at radius 3 is 2.53 bits per heavy atom. The molecule has 0 radical (unpaired) electrons. The van der Waals surface area contributed by atoms with Crippen molar-refractivity contribution in [2.75, 3.05) is 13.2 Å². The van der Waals surface area contributed by atoms with Gasteiger partial charge in [-0.2, -0.15) is 13.2 Å². The number of carbonyl (C=O) groups is 1. The molecule has 0 saturated heterocycles. The predicted molar refractivity (Wildman–Crippen MR) is 52.3 cm³/mol. The lowest BCUT2D eigenvalue weighted by Gasteiger charge is -2.07. The lowest BCUT2D eigenvalue weighted by Crippen LogP contribution is -2.20. The number of ketones is 1. The summed E-state index contributed by atoms with van der Waals surface area (Å²) in [6, 6.07) is 3.57. The zero-order chi connectivity index (χ0) is 13.1. The van der Waals surface area contributed by atoms with Crippen LogP contribution in [0, 0.1) is 12.7 Å². The van der Waals surface area contributed by atoms with Gasteiger partial charge in [0.15, 0.2) is 5.78 Å². The van der Waals surface area contributed by atoms with Crippen molar-refractivity contribution in [3.63, 3.8) is 0 Å². The summed E-state index contributed by atoms with van der Waals surface area (Å²) in [6.07, 6.45) is -4.46. The van der Waals surface area contributed by atoms with Crippen LogP contribution in [0.25, 0.3) is 0 Å². The van der Waals surface area contributed by atoms with Crippen molar-refractivity contribution in [3.05, 3.63) is 35.1 Å². The van der Waals surface area contributed by atoms with Gasteiger partial charge >= 0.3 is 6.18 Å². The Labute approximate surface area is 95.2 Å². The van der Waals surface area contributed by atoms with Crippen molar-refractivity contribution in [2.24, 2.45) is 0 Å². The average Bonchev–Trinajstić information content (AvgIpc) is 2.20. The van der Waals surface area contributed by atoms with Gasteiger partial charge in [0.2, 0.25) is 0 Å². The zero-order valence-corrected chi connectivity index (χ0v) is 8.97. The summed E-state index contributed by atoms with van der Waals surface area (Å²) in [7, 11) is 0. The molecule has 0 aliphatic heterocycles. The highest BCUT2D eigenvalue weighted by atomic mass is 19.4. The van der Waals surface area contributed by atoms with E-state index in [9.17, 15) is 22.4 Å². The molecule has 0 saturated carbocycles. The van der Waals surface area contributed by atoms with Gasteiger partial charge in [0.25, 0.3) is 0 Å². The third-order valence-corrected chi connectivity index (χ3v) is 1.98. The van der Waals surface area contributed by atoms with Crippen molar-refractivity contribution in [2.45, 2.75) is 13.1 Å². The van der Waals surface area contributed by atoms with Gasteiger partial charge in [0.1, 0.15) is 19.0 Å². The van der Waals surface area contributed by atoms with E-state index in [2.05, 4.69) is 4.74 Å². The second-order valence-electron chi connectivity index (χ2n) is 3.50. The minimum atomic E-state index is -4.46. The topological polar surface area (TPSA) is 26.3 Å². The van der Waals surface area contributed by atoms with Crippen LogP contribution in [0.1, 0.15) is 15.9 Å². The van der Waals surface area contributed by atoms with E-state index in [4.69, 9.17) is 0 Å². The number of ether oxygens (including phenoxy) is 1. The van der Waals surface area contributed by atoms with Gasteiger partial charge in [-0.25, -0.2) is 4.39 Å². The van der Waals surface area contributed by atoms with Crippen LogP contribution in [0.4, 0.5) is 17.6 Å². The van der Waals surface area contributed by atoms with Crippen LogP contribution in [0.15, 0.2) is 18.2 Å². The van der Waals surface area contributed by atoms with Gasteiger partial charge in [-0.1, -0.05) is 0 Å². The molecule has 17 heavy (non-hydrogen) atoms. The second kappa shape index (κ2) is 5.27. The quantitative estimate of drug-likeness (QED) is 0.606. The summed E-state index contributed by atoms with van der Waals surface area (Å²) in [6.45, 7) is -0.688. The molecule has 6 heteroatoms. The fourth-order valence-corrected chi connectivity index (χ4v) is 1.16. The van der Waals surface area contributed by atoms with Crippen LogP contribution in [-0.4, -0.2) is 25.2 Å². The smallest absolute Gasteiger partial charge is 0.364 e. The summed E-state index contributed by atoms with van der Waals surface area (Å²) >= 11 is 0. The molecule has 0 spiro atoms. The number of aryl methyl sites for hydroxylation is 1. The van der Waals surface area contributed by atoms with Crippen LogP contribution >= 0.6 is 0 Å². The summed E-state index contributed by atoms with van der Waals surface area (Å²) < 4.78 is 52.3. The van der Waals surface area contributed by atoms with E-state index in [0.29, 0.717) is 0 Å². The molecule has 1 rings (SSSR count). The minimum absolute atomic E-state index is 0.131. The number of hydrogen-bond donors (Lipinski definition) is 0. The third-order valence-electron chi connectivity index (χ3n) is 1.98. The first kappa shape index (κ1) is 13.6. The average molecular weight is 250 g/mol. The standard InChI is InChI=1S/C11H10F4O2/c1-7-4-8(2-3-9(7)12)10(16)5-17-6-11(13,14)15/h2-4H,5-6H2,1H3. The lowest BCUT2D eigenvalue weighted by molar-refractivity contribution is -0.170. The van der Waals surface area contributed by atoms with E-state index >= 15 is 0 Å². The Morgan fingerprint density at radius 1 is 1.35 bits per heavy atom. The molecule has 1 aromatic rings. The molecular weight excluding hydrogens is 240 g/mol. The fraction of sp³-hybridized carbons (Fsp3) is 0.364. The fourth-order valence-electron chi connectivity index (χ4n) is 1.16. The van der Waals surface area contributed by atoms with Crippen LogP contribution < -0.4 is 0 Å². The number of hydrogen-bond acceptors (Lipinski definition) is 2. The van der Waals surface area contributed by atoms with E-state index in [1.807, 2.05) is 0 Å². The molecule has 0 aromatic heterocycles. The van der Waals surface area contributed by atoms with Crippen molar-refractivity contribution in [1.29, 1.82) is 0 Å². The number of rotatable bonds is 4. The van der Waals surface area contributed by atoms with E-state index in [0.717, 1.165) is 6.07 Å². The molecule has 94 valence electrons. The SMILES string of the molecule is Cc1cc(C(=O)COCC(F)(F)F)ccc1F. The molecule has 0 aliphatic rings.